The molecule has 1 fully saturated rings. The van der Waals surface area contributed by atoms with E-state index in [2.05, 4.69) is 5.32 Å². The van der Waals surface area contributed by atoms with E-state index in [-0.39, 0.29) is 31.1 Å². The summed E-state index contributed by atoms with van der Waals surface area (Å²) >= 11 is 0. The third-order valence-corrected chi connectivity index (χ3v) is 3.23. The van der Waals surface area contributed by atoms with Crippen molar-refractivity contribution in [3.05, 3.63) is 35.4 Å². The summed E-state index contributed by atoms with van der Waals surface area (Å²) in [5, 5.41) is 11.7. The van der Waals surface area contributed by atoms with Gasteiger partial charge in [-0.2, -0.15) is 0 Å². The fourth-order valence-electron chi connectivity index (χ4n) is 1.95. The van der Waals surface area contributed by atoms with Gasteiger partial charge in [0.2, 0.25) is 5.91 Å². The minimum absolute atomic E-state index is 0.0435. The molecule has 1 unspecified atom stereocenters. The molecule has 6 heteroatoms. The summed E-state index contributed by atoms with van der Waals surface area (Å²) < 4.78 is 5.34. The van der Waals surface area contributed by atoms with Crippen LogP contribution in [0, 0.1) is 0 Å². The van der Waals surface area contributed by atoms with E-state index in [1.165, 1.54) is 0 Å². The van der Waals surface area contributed by atoms with E-state index in [4.69, 9.17) is 9.84 Å². The van der Waals surface area contributed by atoms with Gasteiger partial charge in [0.25, 0.3) is 5.91 Å². The number of nitrogens with zero attached hydrogens (tertiary/aromatic N) is 1. The summed E-state index contributed by atoms with van der Waals surface area (Å²) in [6.07, 6.45) is -0.182. The molecule has 1 atom stereocenters. The van der Waals surface area contributed by atoms with E-state index in [0.717, 1.165) is 5.56 Å². The topological polar surface area (TPSA) is 78.9 Å². The van der Waals surface area contributed by atoms with Crippen LogP contribution in [0.4, 0.5) is 0 Å². The van der Waals surface area contributed by atoms with Gasteiger partial charge in [-0.1, -0.05) is 12.1 Å². The van der Waals surface area contributed by atoms with Crippen molar-refractivity contribution < 1.29 is 19.4 Å². The van der Waals surface area contributed by atoms with Crippen LogP contribution >= 0.6 is 0 Å². The van der Waals surface area contributed by atoms with Crippen LogP contribution in [0.15, 0.2) is 24.3 Å². The van der Waals surface area contributed by atoms with Gasteiger partial charge in [0.1, 0.15) is 6.61 Å². The first-order valence-electron chi connectivity index (χ1n) is 6.43. The number of ether oxygens (including phenoxy) is 1. The molecule has 0 aromatic heterocycles. The minimum Gasteiger partial charge on any atom is -0.392 e. The van der Waals surface area contributed by atoms with E-state index < -0.39 is 0 Å². The summed E-state index contributed by atoms with van der Waals surface area (Å²) in [5.41, 5.74) is 1.29. The van der Waals surface area contributed by atoms with Crippen LogP contribution in [0.5, 0.6) is 0 Å². The lowest BCUT2D eigenvalue weighted by molar-refractivity contribution is -0.146. The highest BCUT2D eigenvalue weighted by Gasteiger charge is 2.23. The lowest BCUT2D eigenvalue weighted by atomic mass is 10.1. The maximum atomic E-state index is 11.9. The number of aliphatic hydroxyl groups excluding tert-OH is 1. The predicted molar refractivity (Wildman–Crippen MR) is 72.1 cm³/mol. The molecular weight excluding hydrogens is 260 g/mol. The number of rotatable bonds is 4. The van der Waals surface area contributed by atoms with Crippen molar-refractivity contribution in [3.8, 4) is 0 Å². The van der Waals surface area contributed by atoms with Crippen molar-refractivity contribution in [1.29, 1.82) is 0 Å². The van der Waals surface area contributed by atoms with E-state index in [9.17, 15) is 9.59 Å². The highest BCUT2D eigenvalue weighted by atomic mass is 16.5. The maximum absolute atomic E-state index is 11.9. The molecule has 6 nitrogen and oxygen atoms in total. The molecule has 0 spiro atoms. The Hall–Kier alpha value is -1.92. The van der Waals surface area contributed by atoms with Crippen LogP contribution < -0.4 is 5.32 Å². The summed E-state index contributed by atoms with van der Waals surface area (Å²) in [7, 11) is 1.72. The van der Waals surface area contributed by atoms with Gasteiger partial charge < -0.3 is 20.1 Å². The van der Waals surface area contributed by atoms with Gasteiger partial charge >= 0.3 is 0 Å². The monoisotopic (exact) mass is 278 g/mol. The van der Waals surface area contributed by atoms with Crippen molar-refractivity contribution in [2.75, 3.05) is 26.7 Å². The first-order valence-corrected chi connectivity index (χ1v) is 6.43. The smallest absolute Gasteiger partial charge is 0.251 e. The van der Waals surface area contributed by atoms with Gasteiger partial charge in [0.05, 0.1) is 12.7 Å². The van der Waals surface area contributed by atoms with Gasteiger partial charge in [-0.3, -0.25) is 9.59 Å². The molecule has 0 bridgehead atoms. The zero-order valence-electron chi connectivity index (χ0n) is 11.3. The fourth-order valence-corrected chi connectivity index (χ4v) is 1.95. The SMILES string of the molecule is CN1CC(CNC(=O)c2ccc(CO)cc2)OCC1=O. The Labute approximate surface area is 117 Å². The van der Waals surface area contributed by atoms with Crippen molar-refractivity contribution in [3.63, 3.8) is 0 Å². The average Bonchev–Trinajstić information content (AvgIpc) is 2.48. The Morgan fingerprint density at radius 1 is 1.45 bits per heavy atom. The first-order chi connectivity index (χ1) is 9.60. The predicted octanol–water partition coefficient (Wildman–Crippen LogP) is -0.234. The number of carbonyl (C=O) groups is 2. The molecule has 1 aliphatic rings. The number of amides is 2. The van der Waals surface area contributed by atoms with Crippen LogP contribution in [-0.2, 0) is 16.1 Å². The highest BCUT2D eigenvalue weighted by Crippen LogP contribution is 2.06. The Bertz CT molecular complexity index is 486. The number of morpholine rings is 1. The minimum atomic E-state index is -0.197. The highest BCUT2D eigenvalue weighted by molar-refractivity contribution is 5.94. The number of benzene rings is 1. The molecule has 2 amide bonds. The second-order valence-corrected chi connectivity index (χ2v) is 4.77. The molecule has 2 N–H and O–H groups in total. The number of likely N-dealkylation sites (N-methyl/N-ethyl adjacent to an activating group) is 1. The molecule has 0 radical (unpaired) electrons. The Balaban J connectivity index is 1.84. The third-order valence-electron chi connectivity index (χ3n) is 3.23. The fraction of sp³-hybridized carbons (Fsp3) is 0.429. The van der Waals surface area contributed by atoms with Crippen molar-refractivity contribution in [2.45, 2.75) is 12.7 Å². The standard InChI is InChI=1S/C14H18N2O4/c1-16-7-12(20-9-13(16)18)6-15-14(19)11-4-2-10(8-17)3-5-11/h2-5,12,17H,6-9H2,1H3,(H,15,19). The van der Waals surface area contributed by atoms with Gasteiger partial charge in [0.15, 0.2) is 0 Å². The maximum Gasteiger partial charge on any atom is 0.251 e. The quantitative estimate of drug-likeness (QED) is 0.797. The average molecular weight is 278 g/mol. The zero-order valence-corrected chi connectivity index (χ0v) is 11.3. The normalized spacial score (nSPS) is 19.0. The van der Waals surface area contributed by atoms with Crippen LogP contribution in [0.2, 0.25) is 0 Å². The molecule has 1 aliphatic heterocycles. The molecule has 0 saturated carbocycles. The third kappa shape index (κ3) is 3.55. The Morgan fingerprint density at radius 2 is 2.15 bits per heavy atom. The summed E-state index contributed by atoms with van der Waals surface area (Å²) in [5.74, 6) is -0.246. The summed E-state index contributed by atoms with van der Waals surface area (Å²) in [4.78, 5) is 24.8. The number of hydrogen-bond acceptors (Lipinski definition) is 4. The largest absolute Gasteiger partial charge is 0.392 e. The second kappa shape index (κ2) is 6.49. The molecule has 2 rings (SSSR count). The van der Waals surface area contributed by atoms with E-state index in [0.29, 0.717) is 18.7 Å². The molecular formula is C14H18N2O4. The van der Waals surface area contributed by atoms with Crippen molar-refractivity contribution in [1.82, 2.24) is 10.2 Å². The molecule has 1 aromatic rings. The summed E-state index contributed by atoms with van der Waals surface area (Å²) in [6.45, 7) is 0.848. The Morgan fingerprint density at radius 3 is 2.75 bits per heavy atom. The van der Waals surface area contributed by atoms with Crippen LogP contribution in [0.3, 0.4) is 0 Å². The van der Waals surface area contributed by atoms with E-state index >= 15 is 0 Å². The van der Waals surface area contributed by atoms with Crippen molar-refractivity contribution >= 4 is 11.8 Å². The molecule has 1 heterocycles. The number of hydrogen-bond donors (Lipinski definition) is 2. The lowest BCUT2D eigenvalue weighted by Crippen LogP contribution is -2.48. The summed E-state index contributed by atoms with van der Waals surface area (Å²) in [6, 6.07) is 6.74. The lowest BCUT2D eigenvalue weighted by Gasteiger charge is -2.29. The van der Waals surface area contributed by atoms with Crippen LogP contribution in [-0.4, -0.2) is 54.7 Å². The number of carbonyl (C=O) groups excluding carboxylic acids is 2. The Kier molecular flexibility index (Phi) is 4.70. The number of aliphatic hydroxyl groups is 1. The molecule has 1 saturated heterocycles. The molecule has 0 aliphatic carbocycles. The van der Waals surface area contributed by atoms with Crippen LogP contribution in [0.1, 0.15) is 15.9 Å². The molecule has 1 aromatic carbocycles. The van der Waals surface area contributed by atoms with E-state index in [1.807, 2.05) is 0 Å². The van der Waals surface area contributed by atoms with Gasteiger partial charge in [-0.25, -0.2) is 0 Å². The van der Waals surface area contributed by atoms with E-state index in [1.54, 1.807) is 36.2 Å². The second-order valence-electron chi connectivity index (χ2n) is 4.77. The molecule has 108 valence electrons. The first kappa shape index (κ1) is 14.5. The van der Waals surface area contributed by atoms with Crippen LogP contribution in [0.25, 0.3) is 0 Å². The molecule has 20 heavy (non-hydrogen) atoms. The number of nitrogens with one attached hydrogen (secondary N) is 1. The van der Waals surface area contributed by atoms with Gasteiger partial charge in [-0.15, -0.1) is 0 Å². The zero-order chi connectivity index (χ0) is 14.5. The van der Waals surface area contributed by atoms with Gasteiger partial charge in [-0.05, 0) is 17.7 Å². The van der Waals surface area contributed by atoms with Gasteiger partial charge in [0, 0.05) is 25.7 Å². The van der Waals surface area contributed by atoms with Crippen molar-refractivity contribution in [2.24, 2.45) is 0 Å².